The number of nitrogens with zero attached hydrogens (tertiary/aromatic N) is 2. The molecule has 1 heterocycles. The van der Waals surface area contributed by atoms with Crippen molar-refractivity contribution in [3.05, 3.63) is 24.3 Å². The summed E-state index contributed by atoms with van der Waals surface area (Å²) in [7, 11) is 1.62. The van der Waals surface area contributed by atoms with E-state index in [0.29, 0.717) is 11.5 Å². The highest BCUT2D eigenvalue weighted by Crippen LogP contribution is 2.24. The number of benzene rings is 1. The third-order valence-corrected chi connectivity index (χ3v) is 1.92. The predicted molar refractivity (Wildman–Crippen MR) is 52.8 cm³/mol. The Morgan fingerprint density at radius 3 is 2.86 bits per heavy atom. The van der Waals surface area contributed by atoms with Crippen LogP contribution in [-0.2, 0) is 0 Å². The summed E-state index contributed by atoms with van der Waals surface area (Å²) in [4.78, 5) is 0. The lowest BCUT2D eigenvalue weighted by molar-refractivity contribution is 0.415. The van der Waals surface area contributed by atoms with E-state index in [0.717, 1.165) is 11.3 Å². The summed E-state index contributed by atoms with van der Waals surface area (Å²) in [6.07, 6.45) is 0. The summed E-state index contributed by atoms with van der Waals surface area (Å²) in [6.45, 7) is 0. The number of aromatic nitrogens is 3. The lowest BCUT2D eigenvalue weighted by Crippen LogP contribution is -1.89. The fourth-order valence-electron chi connectivity index (χ4n) is 1.22. The molecule has 1 aromatic carbocycles. The van der Waals surface area contributed by atoms with Gasteiger partial charge < -0.3 is 10.5 Å². The molecule has 0 aliphatic carbocycles. The van der Waals surface area contributed by atoms with Gasteiger partial charge in [0.1, 0.15) is 11.4 Å². The zero-order valence-electron chi connectivity index (χ0n) is 7.69. The van der Waals surface area contributed by atoms with Crippen LogP contribution in [0.1, 0.15) is 0 Å². The molecule has 0 amide bonds. The fraction of sp³-hybridized carbons (Fsp3) is 0.111. The molecular weight excluding hydrogens is 180 g/mol. The van der Waals surface area contributed by atoms with Crippen molar-refractivity contribution in [2.75, 3.05) is 12.8 Å². The summed E-state index contributed by atoms with van der Waals surface area (Å²) in [5, 5.41) is 10.2. The van der Waals surface area contributed by atoms with Crippen LogP contribution in [0.25, 0.3) is 11.3 Å². The van der Waals surface area contributed by atoms with E-state index in [1.807, 2.05) is 24.3 Å². The van der Waals surface area contributed by atoms with E-state index in [4.69, 9.17) is 10.5 Å². The molecular formula is C9H10N4O. The summed E-state index contributed by atoms with van der Waals surface area (Å²) in [5.41, 5.74) is 7.15. The number of aromatic amines is 1. The monoisotopic (exact) mass is 190 g/mol. The van der Waals surface area contributed by atoms with Crippen molar-refractivity contribution in [3.8, 4) is 17.0 Å². The zero-order valence-corrected chi connectivity index (χ0v) is 7.69. The Bertz CT molecular complexity index is 438. The average molecular weight is 190 g/mol. The lowest BCUT2D eigenvalue weighted by atomic mass is 10.1. The van der Waals surface area contributed by atoms with E-state index in [-0.39, 0.29) is 0 Å². The van der Waals surface area contributed by atoms with Crippen molar-refractivity contribution in [1.82, 2.24) is 15.4 Å². The van der Waals surface area contributed by atoms with E-state index in [1.54, 1.807) is 7.11 Å². The van der Waals surface area contributed by atoms with Gasteiger partial charge in [0.05, 0.1) is 7.11 Å². The minimum Gasteiger partial charge on any atom is -0.497 e. The molecule has 5 nitrogen and oxygen atoms in total. The van der Waals surface area contributed by atoms with E-state index >= 15 is 0 Å². The van der Waals surface area contributed by atoms with Gasteiger partial charge in [0, 0.05) is 5.56 Å². The predicted octanol–water partition coefficient (Wildman–Crippen LogP) is 1.06. The molecule has 0 fully saturated rings. The summed E-state index contributed by atoms with van der Waals surface area (Å²) < 4.78 is 5.09. The highest BCUT2D eigenvalue weighted by molar-refractivity contribution is 5.70. The maximum absolute atomic E-state index is 5.62. The molecule has 2 aromatic rings. The number of nitrogens with two attached hydrogens (primary N) is 1. The first kappa shape index (κ1) is 8.55. The number of hydrogen-bond donors (Lipinski definition) is 2. The van der Waals surface area contributed by atoms with Gasteiger partial charge in [0.2, 0.25) is 0 Å². The Morgan fingerprint density at radius 2 is 2.21 bits per heavy atom. The third kappa shape index (κ3) is 1.39. The van der Waals surface area contributed by atoms with Crippen molar-refractivity contribution >= 4 is 5.82 Å². The second-order valence-electron chi connectivity index (χ2n) is 2.79. The standard InChI is InChI=1S/C9H10N4O/c1-14-7-4-2-3-6(5-7)8-9(10)12-13-11-8/h2-5H,1H3,(H3,10,11,12,13). The maximum atomic E-state index is 5.62. The van der Waals surface area contributed by atoms with E-state index in [9.17, 15) is 0 Å². The number of nitrogen functional groups attached to an aromatic ring is 1. The van der Waals surface area contributed by atoms with Crippen LogP contribution in [0.4, 0.5) is 5.82 Å². The van der Waals surface area contributed by atoms with Gasteiger partial charge in [-0.2, -0.15) is 10.3 Å². The van der Waals surface area contributed by atoms with Crippen molar-refractivity contribution < 1.29 is 4.74 Å². The minimum absolute atomic E-state index is 0.387. The number of anilines is 1. The van der Waals surface area contributed by atoms with Crippen LogP contribution in [0.2, 0.25) is 0 Å². The first-order chi connectivity index (χ1) is 6.81. The molecule has 2 rings (SSSR count). The summed E-state index contributed by atoms with van der Waals surface area (Å²) >= 11 is 0. The molecule has 0 aliphatic heterocycles. The highest BCUT2D eigenvalue weighted by atomic mass is 16.5. The smallest absolute Gasteiger partial charge is 0.173 e. The number of methoxy groups -OCH3 is 1. The Kier molecular flexibility index (Phi) is 2.06. The van der Waals surface area contributed by atoms with E-state index in [2.05, 4.69) is 15.4 Å². The molecule has 0 spiro atoms. The van der Waals surface area contributed by atoms with Gasteiger partial charge in [0.15, 0.2) is 5.82 Å². The molecule has 0 saturated heterocycles. The number of H-pyrrole nitrogens is 1. The third-order valence-electron chi connectivity index (χ3n) is 1.92. The molecule has 0 atom stereocenters. The lowest BCUT2D eigenvalue weighted by Gasteiger charge is -2.01. The minimum atomic E-state index is 0.387. The van der Waals surface area contributed by atoms with Crippen LogP contribution in [0, 0.1) is 0 Å². The number of hydrogen-bond acceptors (Lipinski definition) is 4. The van der Waals surface area contributed by atoms with E-state index < -0.39 is 0 Å². The normalized spacial score (nSPS) is 10.1. The maximum Gasteiger partial charge on any atom is 0.173 e. The van der Waals surface area contributed by atoms with Crippen molar-refractivity contribution in [3.63, 3.8) is 0 Å². The molecule has 0 aliphatic rings. The van der Waals surface area contributed by atoms with Crippen molar-refractivity contribution in [2.45, 2.75) is 0 Å². The molecule has 1 aromatic heterocycles. The van der Waals surface area contributed by atoms with Gasteiger partial charge in [-0.25, -0.2) is 0 Å². The van der Waals surface area contributed by atoms with Gasteiger partial charge in [-0.1, -0.05) is 12.1 Å². The topological polar surface area (TPSA) is 76.8 Å². The second kappa shape index (κ2) is 3.37. The SMILES string of the molecule is COc1cccc(-c2n[nH]nc2N)c1. The summed E-state index contributed by atoms with van der Waals surface area (Å²) in [5.74, 6) is 1.16. The van der Waals surface area contributed by atoms with Crippen LogP contribution < -0.4 is 10.5 Å². The Labute approximate surface area is 80.9 Å². The van der Waals surface area contributed by atoms with Crippen LogP contribution >= 0.6 is 0 Å². The highest BCUT2D eigenvalue weighted by Gasteiger charge is 2.06. The number of rotatable bonds is 2. The van der Waals surface area contributed by atoms with E-state index in [1.165, 1.54) is 0 Å². The first-order valence-electron chi connectivity index (χ1n) is 4.12. The number of nitrogens with one attached hydrogen (secondary N) is 1. The molecule has 0 saturated carbocycles. The number of ether oxygens (including phenoxy) is 1. The first-order valence-corrected chi connectivity index (χ1v) is 4.12. The Balaban J connectivity index is 2.47. The van der Waals surface area contributed by atoms with Gasteiger partial charge >= 0.3 is 0 Å². The molecule has 72 valence electrons. The molecule has 14 heavy (non-hydrogen) atoms. The van der Waals surface area contributed by atoms with Crippen LogP contribution in [-0.4, -0.2) is 22.5 Å². The van der Waals surface area contributed by atoms with Crippen LogP contribution in [0.3, 0.4) is 0 Å². The van der Waals surface area contributed by atoms with Crippen molar-refractivity contribution in [2.24, 2.45) is 0 Å². The van der Waals surface area contributed by atoms with Gasteiger partial charge in [-0.15, -0.1) is 5.10 Å². The van der Waals surface area contributed by atoms with Crippen LogP contribution in [0.15, 0.2) is 24.3 Å². The van der Waals surface area contributed by atoms with Gasteiger partial charge in [0.25, 0.3) is 0 Å². The summed E-state index contributed by atoms with van der Waals surface area (Å²) in [6, 6.07) is 7.49. The molecule has 0 bridgehead atoms. The largest absolute Gasteiger partial charge is 0.497 e. The Morgan fingerprint density at radius 1 is 1.36 bits per heavy atom. The molecule has 3 N–H and O–H groups in total. The fourth-order valence-corrected chi connectivity index (χ4v) is 1.22. The molecule has 0 unspecified atom stereocenters. The second-order valence-corrected chi connectivity index (χ2v) is 2.79. The quantitative estimate of drug-likeness (QED) is 0.742. The van der Waals surface area contributed by atoms with Crippen molar-refractivity contribution in [1.29, 1.82) is 0 Å². The molecule has 5 heteroatoms. The zero-order chi connectivity index (χ0) is 9.97. The average Bonchev–Trinajstić information content (AvgIpc) is 2.65. The van der Waals surface area contributed by atoms with Crippen LogP contribution in [0.5, 0.6) is 5.75 Å². The van der Waals surface area contributed by atoms with Gasteiger partial charge in [-0.05, 0) is 12.1 Å². The molecule has 0 radical (unpaired) electrons. The Hall–Kier alpha value is -2.04. The van der Waals surface area contributed by atoms with Gasteiger partial charge in [-0.3, -0.25) is 0 Å².